The highest BCUT2D eigenvalue weighted by molar-refractivity contribution is 7.09. The number of carbonyl (C=O) groups excluding carboxylic acids is 1. The van der Waals surface area contributed by atoms with Crippen molar-refractivity contribution in [2.75, 3.05) is 0 Å². The van der Waals surface area contributed by atoms with Crippen molar-refractivity contribution in [3.05, 3.63) is 51.2 Å². The van der Waals surface area contributed by atoms with Crippen molar-refractivity contribution < 1.29 is 13.9 Å². The van der Waals surface area contributed by atoms with E-state index in [1.165, 1.54) is 28.0 Å². The molecule has 0 aliphatic heterocycles. The second-order valence-electron chi connectivity index (χ2n) is 5.08. The molecule has 6 heteroatoms. The van der Waals surface area contributed by atoms with Crippen LogP contribution in [0, 0.1) is 5.82 Å². The van der Waals surface area contributed by atoms with Crippen molar-refractivity contribution in [1.82, 2.24) is 4.57 Å². The van der Waals surface area contributed by atoms with Gasteiger partial charge in [-0.3, -0.25) is 14.2 Å². The fourth-order valence-corrected chi connectivity index (χ4v) is 3.22. The van der Waals surface area contributed by atoms with Crippen LogP contribution in [0.3, 0.4) is 0 Å². The summed E-state index contributed by atoms with van der Waals surface area (Å²) >= 11 is 1.39. The molecular weight excluding hydrogens is 317 g/mol. The van der Waals surface area contributed by atoms with Crippen molar-refractivity contribution in [3.63, 3.8) is 0 Å². The number of nitrogens with zero attached hydrogens (tertiary/aromatic N) is 1. The molecule has 4 nitrogen and oxygen atoms in total. The first-order valence-corrected chi connectivity index (χ1v) is 8.02. The predicted octanol–water partition coefficient (Wildman–Crippen LogP) is 3.72. The molecule has 0 atom stereocenters. The Balaban J connectivity index is 2.36. The Morgan fingerprint density at radius 1 is 1.22 bits per heavy atom. The summed E-state index contributed by atoms with van der Waals surface area (Å²) in [5, 5.41) is 4.84. The number of hydrogen-bond acceptors (Lipinski definition) is 4. The third-order valence-corrected chi connectivity index (χ3v) is 4.36. The van der Waals surface area contributed by atoms with Gasteiger partial charge < -0.3 is 4.74 Å². The Kier molecular flexibility index (Phi) is 4.00. The summed E-state index contributed by atoms with van der Waals surface area (Å²) < 4.78 is 20.0. The van der Waals surface area contributed by atoms with Crippen LogP contribution in [0.15, 0.2) is 39.8 Å². The molecule has 0 spiro atoms. The highest BCUT2D eigenvalue weighted by Crippen LogP contribution is 2.36. The summed E-state index contributed by atoms with van der Waals surface area (Å²) in [5.74, 6) is -0.607. The van der Waals surface area contributed by atoms with Crippen LogP contribution in [-0.2, 0) is 11.8 Å². The van der Waals surface area contributed by atoms with Gasteiger partial charge in [-0.1, -0.05) is 19.1 Å². The maximum absolute atomic E-state index is 13.2. The molecule has 1 aromatic carbocycles. The van der Waals surface area contributed by atoms with Crippen molar-refractivity contribution in [2.24, 2.45) is 7.05 Å². The summed E-state index contributed by atoms with van der Waals surface area (Å²) in [6.45, 7) is 1.68. The molecule has 0 amide bonds. The lowest BCUT2D eigenvalue weighted by molar-refractivity contribution is -0.134. The number of halogens is 1. The molecule has 2 aromatic heterocycles. The maximum Gasteiger partial charge on any atom is 0.312 e. The first kappa shape index (κ1) is 15.4. The molecule has 0 saturated heterocycles. The molecule has 0 fully saturated rings. The third-order valence-electron chi connectivity index (χ3n) is 3.62. The molecule has 118 valence electrons. The Morgan fingerprint density at radius 3 is 2.52 bits per heavy atom. The smallest absolute Gasteiger partial charge is 0.312 e. The van der Waals surface area contributed by atoms with E-state index >= 15 is 0 Å². The molecule has 0 radical (unpaired) electrons. The van der Waals surface area contributed by atoms with Crippen molar-refractivity contribution in [3.8, 4) is 17.0 Å². The zero-order valence-corrected chi connectivity index (χ0v) is 13.4. The van der Waals surface area contributed by atoms with Gasteiger partial charge >= 0.3 is 5.97 Å². The van der Waals surface area contributed by atoms with Crippen LogP contribution in [-0.4, -0.2) is 10.5 Å². The zero-order valence-electron chi connectivity index (χ0n) is 12.6. The molecule has 23 heavy (non-hydrogen) atoms. The lowest BCUT2D eigenvalue weighted by atomic mass is 10.0. The highest BCUT2D eigenvalue weighted by atomic mass is 32.1. The third kappa shape index (κ3) is 2.66. The topological polar surface area (TPSA) is 48.3 Å². The van der Waals surface area contributed by atoms with Crippen molar-refractivity contribution >= 4 is 28.1 Å². The summed E-state index contributed by atoms with van der Waals surface area (Å²) in [6, 6.07) is 5.89. The van der Waals surface area contributed by atoms with Gasteiger partial charge in [-0.05, 0) is 23.1 Å². The summed E-state index contributed by atoms with van der Waals surface area (Å²) in [7, 11) is 1.56. The second kappa shape index (κ2) is 5.96. The van der Waals surface area contributed by atoms with Gasteiger partial charge in [0.25, 0.3) is 5.56 Å². The van der Waals surface area contributed by atoms with E-state index in [-0.39, 0.29) is 23.7 Å². The van der Waals surface area contributed by atoms with E-state index in [0.717, 1.165) is 0 Å². The highest BCUT2D eigenvalue weighted by Gasteiger charge is 2.20. The summed E-state index contributed by atoms with van der Waals surface area (Å²) in [5.41, 5.74) is 1.07. The number of carbonyl (C=O) groups is 1. The first-order chi connectivity index (χ1) is 11.0. The van der Waals surface area contributed by atoms with Gasteiger partial charge in [0.15, 0.2) is 0 Å². The van der Waals surface area contributed by atoms with Gasteiger partial charge in [0, 0.05) is 24.2 Å². The Bertz CT molecular complexity index is 941. The number of fused-ring (bicyclic) bond motifs is 1. The first-order valence-electron chi connectivity index (χ1n) is 7.08. The monoisotopic (exact) mass is 331 g/mol. The van der Waals surface area contributed by atoms with Crippen LogP contribution in [0.2, 0.25) is 0 Å². The lowest BCUT2D eigenvalue weighted by Crippen LogP contribution is -2.21. The number of thiophene rings is 1. The molecule has 0 unspecified atom stereocenters. The minimum absolute atomic E-state index is 0.180. The minimum atomic E-state index is -0.432. The summed E-state index contributed by atoms with van der Waals surface area (Å²) in [6.07, 6.45) is 0.193. The van der Waals surface area contributed by atoms with Crippen LogP contribution in [0.25, 0.3) is 21.9 Å². The number of benzene rings is 1. The number of pyridine rings is 1. The van der Waals surface area contributed by atoms with Crippen molar-refractivity contribution in [2.45, 2.75) is 13.3 Å². The number of ether oxygens (including phenoxy) is 1. The molecule has 0 N–H and O–H groups in total. The second-order valence-corrected chi connectivity index (χ2v) is 5.82. The van der Waals surface area contributed by atoms with Crippen LogP contribution < -0.4 is 10.3 Å². The molecule has 0 bridgehead atoms. The molecule has 2 heterocycles. The van der Waals surface area contributed by atoms with Crippen LogP contribution in [0.1, 0.15) is 13.3 Å². The molecule has 0 aliphatic rings. The Hall–Kier alpha value is -2.47. The number of esters is 1. The quantitative estimate of drug-likeness (QED) is 0.687. The lowest BCUT2D eigenvalue weighted by Gasteiger charge is -2.15. The van der Waals surface area contributed by atoms with E-state index in [1.807, 2.05) is 5.38 Å². The zero-order chi connectivity index (χ0) is 16.6. The van der Waals surface area contributed by atoms with Gasteiger partial charge in [-0.25, -0.2) is 4.39 Å². The van der Waals surface area contributed by atoms with Gasteiger partial charge in [0.1, 0.15) is 5.82 Å². The maximum atomic E-state index is 13.2. The molecule has 0 saturated carbocycles. The van der Waals surface area contributed by atoms with Gasteiger partial charge in [-0.15, -0.1) is 0 Å². The van der Waals surface area contributed by atoms with Crippen LogP contribution >= 0.6 is 11.3 Å². The Labute approximate surface area is 135 Å². The average Bonchev–Trinajstić information content (AvgIpc) is 3.03. The fraction of sp³-hybridized carbons (Fsp3) is 0.176. The largest absolute Gasteiger partial charge is 0.408 e. The molecule has 0 aliphatic carbocycles. The Morgan fingerprint density at radius 2 is 1.87 bits per heavy atom. The molecular formula is C17H14FNO3S. The van der Waals surface area contributed by atoms with E-state index in [9.17, 15) is 14.0 Å². The van der Waals surface area contributed by atoms with Crippen LogP contribution in [0.4, 0.5) is 4.39 Å². The molecule has 3 aromatic rings. The van der Waals surface area contributed by atoms with Crippen molar-refractivity contribution in [1.29, 1.82) is 0 Å². The van der Waals surface area contributed by atoms with Crippen LogP contribution in [0.5, 0.6) is 5.88 Å². The minimum Gasteiger partial charge on any atom is -0.408 e. The SMILES string of the molecule is CCC(=O)Oc1c(-c2ccc(F)cc2)c2cscc2c(=O)n1C. The number of rotatable bonds is 3. The standard InChI is InChI=1S/C17H14FNO3S/c1-3-14(20)22-17-15(10-4-6-11(18)7-5-10)12-8-23-9-13(12)16(21)19(17)2/h4-9H,3H2,1-2H3. The average molecular weight is 331 g/mol. The van der Waals surface area contributed by atoms with Gasteiger partial charge in [0.2, 0.25) is 5.88 Å². The normalized spacial score (nSPS) is 10.9. The number of aromatic nitrogens is 1. The molecule has 3 rings (SSSR count). The van der Waals surface area contributed by atoms with E-state index < -0.39 is 5.97 Å². The number of hydrogen-bond donors (Lipinski definition) is 0. The van der Waals surface area contributed by atoms with Gasteiger partial charge in [-0.2, -0.15) is 11.3 Å². The van der Waals surface area contributed by atoms with E-state index in [2.05, 4.69) is 0 Å². The van der Waals surface area contributed by atoms with Gasteiger partial charge in [0.05, 0.1) is 10.9 Å². The van der Waals surface area contributed by atoms with E-state index in [0.29, 0.717) is 21.9 Å². The fourth-order valence-electron chi connectivity index (χ4n) is 2.41. The van der Waals surface area contributed by atoms with E-state index in [4.69, 9.17) is 4.74 Å². The van der Waals surface area contributed by atoms with E-state index in [1.54, 1.807) is 31.5 Å². The predicted molar refractivity (Wildman–Crippen MR) is 88.4 cm³/mol. The summed E-state index contributed by atoms with van der Waals surface area (Å²) in [4.78, 5) is 24.2.